The SMILES string of the molecule is CCOC(=O)C1CCCN(C(=O)C2CC(c3ccccc3Cl)NN2)C1. The standard InChI is InChI=1S/C18H24ClN3O3/c1-2-25-18(24)12-6-5-9-22(11-12)17(23)16-10-15(20-21-16)13-7-3-4-8-14(13)19/h3-4,7-8,12,15-16,20-21H,2,5-6,9-11H2,1H3. The summed E-state index contributed by atoms with van der Waals surface area (Å²) in [5.41, 5.74) is 7.23. The molecule has 1 amide bonds. The number of hydrogen-bond acceptors (Lipinski definition) is 5. The summed E-state index contributed by atoms with van der Waals surface area (Å²) in [6.45, 7) is 3.29. The van der Waals surface area contributed by atoms with Gasteiger partial charge >= 0.3 is 5.97 Å². The molecule has 3 rings (SSSR count). The van der Waals surface area contributed by atoms with Crippen molar-refractivity contribution in [3.63, 3.8) is 0 Å². The number of ether oxygens (including phenoxy) is 1. The van der Waals surface area contributed by atoms with Crippen LogP contribution in [0.3, 0.4) is 0 Å². The second kappa shape index (κ2) is 8.17. The van der Waals surface area contributed by atoms with Crippen LogP contribution in [-0.4, -0.2) is 42.5 Å². The molecule has 1 aromatic carbocycles. The van der Waals surface area contributed by atoms with Crippen LogP contribution in [0, 0.1) is 5.92 Å². The summed E-state index contributed by atoms with van der Waals surface area (Å²) in [4.78, 5) is 26.6. The number of amides is 1. The van der Waals surface area contributed by atoms with Crippen molar-refractivity contribution in [3.05, 3.63) is 34.9 Å². The molecule has 2 aliphatic heterocycles. The van der Waals surface area contributed by atoms with Crippen LogP contribution in [0.2, 0.25) is 5.02 Å². The largest absolute Gasteiger partial charge is 0.466 e. The third-order valence-electron chi connectivity index (χ3n) is 4.83. The van der Waals surface area contributed by atoms with Crippen LogP contribution in [0.1, 0.15) is 37.8 Å². The number of esters is 1. The van der Waals surface area contributed by atoms with E-state index in [1.54, 1.807) is 11.8 Å². The molecule has 6 nitrogen and oxygen atoms in total. The second-order valence-corrected chi connectivity index (χ2v) is 6.93. The van der Waals surface area contributed by atoms with E-state index in [0.717, 1.165) is 18.4 Å². The first-order valence-electron chi connectivity index (χ1n) is 8.81. The molecular formula is C18H24ClN3O3. The van der Waals surface area contributed by atoms with Gasteiger partial charge in [-0.1, -0.05) is 29.8 Å². The number of hydrogen-bond donors (Lipinski definition) is 2. The molecule has 0 bridgehead atoms. The number of rotatable bonds is 4. The maximum absolute atomic E-state index is 12.8. The molecule has 136 valence electrons. The van der Waals surface area contributed by atoms with Crippen LogP contribution in [0.5, 0.6) is 0 Å². The lowest BCUT2D eigenvalue weighted by molar-refractivity contribution is -0.151. The number of likely N-dealkylation sites (tertiary alicyclic amines) is 1. The lowest BCUT2D eigenvalue weighted by Gasteiger charge is -2.33. The van der Waals surface area contributed by atoms with Gasteiger partial charge in [0.2, 0.25) is 5.91 Å². The Morgan fingerprint density at radius 1 is 1.32 bits per heavy atom. The Morgan fingerprint density at radius 3 is 2.88 bits per heavy atom. The number of carbonyl (C=O) groups is 2. The molecule has 1 aromatic rings. The number of carbonyl (C=O) groups excluding carboxylic acids is 2. The molecule has 2 N–H and O–H groups in total. The van der Waals surface area contributed by atoms with Crippen molar-refractivity contribution in [2.45, 2.75) is 38.3 Å². The summed E-state index contributed by atoms with van der Waals surface area (Å²) in [5, 5.41) is 0.690. The lowest BCUT2D eigenvalue weighted by Crippen LogP contribution is -2.50. The van der Waals surface area contributed by atoms with Gasteiger partial charge in [0.15, 0.2) is 0 Å². The van der Waals surface area contributed by atoms with Crippen molar-refractivity contribution >= 4 is 23.5 Å². The van der Waals surface area contributed by atoms with Crippen molar-refractivity contribution < 1.29 is 14.3 Å². The molecule has 3 atom stereocenters. The zero-order valence-corrected chi connectivity index (χ0v) is 15.1. The van der Waals surface area contributed by atoms with Crippen LogP contribution in [-0.2, 0) is 14.3 Å². The molecule has 0 spiro atoms. The Kier molecular flexibility index (Phi) is 5.93. The third-order valence-corrected chi connectivity index (χ3v) is 5.18. The molecule has 0 aliphatic carbocycles. The maximum Gasteiger partial charge on any atom is 0.310 e. The van der Waals surface area contributed by atoms with Crippen LogP contribution >= 0.6 is 11.6 Å². The van der Waals surface area contributed by atoms with Gasteiger partial charge in [-0.15, -0.1) is 0 Å². The first-order valence-corrected chi connectivity index (χ1v) is 9.18. The van der Waals surface area contributed by atoms with Crippen molar-refractivity contribution in [1.82, 2.24) is 15.8 Å². The van der Waals surface area contributed by atoms with Gasteiger partial charge in [-0.2, -0.15) is 0 Å². The van der Waals surface area contributed by atoms with Gasteiger partial charge in [-0.25, -0.2) is 10.9 Å². The molecule has 0 saturated carbocycles. The smallest absolute Gasteiger partial charge is 0.310 e. The molecule has 2 aliphatic rings. The monoisotopic (exact) mass is 365 g/mol. The minimum absolute atomic E-state index is 0.00621. The molecular weight excluding hydrogens is 342 g/mol. The average Bonchev–Trinajstić information content (AvgIpc) is 3.11. The minimum Gasteiger partial charge on any atom is -0.466 e. The fourth-order valence-corrected chi connectivity index (χ4v) is 3.80. The van der Waals surface area contributed by atoms with Crippen molar-refractivity contribution in [2.75, 3.05) is 19.7 Å². The molecule has 0 aromatic heterocycles. The van der Waals surface area contributed by atoms with Gasteiger partial charge in [-0.3, -0.25) is 9.59 Å². The number of piperidine rings is 1. The molecule has 2 heterocycles. The molecule has 2 fully saturated rings. The van der Waals surface area contributed by atoms with Crippen LogP contribution in [0.25, 0.3) is 0 Å². The Labute approximate surface area is 152 Å². The van der Waals surface area contributed by atoms with Crippen molar-refractivity contribution in [3.8, 4) is 0 Å². The fourth-order valence-electron chi connectivity index (χ4n) is 3.53. The van der Waals surface area contributed by atoms with Gasteiger partial charge in [-0.05, 0) is 37.8 Å². The van der Waals surface area contributed by atoms with Gasteiger partial charge in [0.25, 0.3) is 0 Å². The van der Waals surface area contributed by atoms with E-state index in [-0.39, 0.29) is 29.9 Å². The highest BCUT2D eigenvalue weighted by atomic mass is 35.5. The lowest BCUT2D eigenvalue weighted by atomic mass is 9.96. The Balaban J connectivity index is 1.60. The summed E-state index contributed by atoms with van der Waals surface area (Å²) in [7, 11) is 0. The summed E-state index contributed by atoms with van der Waals surface area (Å²) in [5.74, 6) is -0.395. The van der Waals surface area contributed by atoms with Gasteiger partial charge in [0.05, 0.1) is 12.5 Å². The van der Waals surface area contributed by atoms with Crippen molar-refractivity contribution in [2.24, 2.45) is 5.92 Å². The number of nitrogens with zero attached hydrogens (tertiary/aromatic N) is 1. The van der Waals surface area contributed by atoms with Gasteiger partial charge in [0.1, 0.15) is 6.04 Å². The average molecular weight is 366 g/mol. The number of benzene rings is 1. The first-order chi connectivity index (χ1) is 12.1. The highest BCUT2D eigenvalue weighted by Crippen LogP contribution is 2.29. The first kappa shape index (κ1) is 18.2. The van der Waals surface area contributed by atoms with E-state index in [1.807, 2.05) is 24.3 Å². The van der Waals surface area contributed by atoms with E-state index in [1.165, 1.54) is 0 Å². The Hall–Kier alpha value is -1.63. The Morgan fingerprint density at radius 2 is 2.12 bits per heavy atom. The van der Waals surface area contributed by atoms with Gasteiger partial charge < -0.3 is 9.64 Å². The highest BCUT2D eigenvalue weighted by molar-refractivity contribution is 6.31. The van der Waals surface area contributed by atoms with E-state index in [4.69, 9.17) is 16.3 Å². The molecule has 0 radical (unpaired) electrons. The van der Waals surface area contributed by atoms with E-state index in [9.17, 15) is 9.59 Å². The number of halogens is 1. The van der Waals surface area contributed by atoms with Crippen LogP contribution < -0.4 is 10.9 Å². The molecule has 7 heteroatoms. The quantitative estimate of drug-likeness (QED) is 0.799. The molecule has 3 unspecified atom stereocenters. The van der Waals surface area contributed by atoms with Gasteiger partial charge in [0, 0.05) is 24.2 Å². The predicted octanol–water partition coefficient (Wildman–Crippen LogP) is 2.05. The van der Waals surface area contributed by atoms with E-state index in [2.05, 4.69) is 10.9 Å². The summed E-state index contributed by atoms with van der Waals surface area (Å²) < 4.78 is 5.10. The number of hydrazine groups is 1. The van der Waals surface area contributed by atoms with Crippen LogP contribution in [0.4, 0.5) is 0 Å². The zero-order valence-electron chi connectivity index (χ0n) is 14.3. The van der Waals surface area contributed by atoms with E-state index in [0.29, 0.717) is 31.1 Å². The molecule has 25 heavy (non-hydrogen) atoms. The molecule has 2 saturated heterocycles. The summed E-state index contributed by atoms with van der Waals surface area (Å²) in [6.07, 6.45) is 2.23. The van der Waals surface area contributed by atoms with Crippen molar-refractivity contribution in [1.29, 1.82) is 0 Å². The third kappa shape index (κ3) is 4.14. The summed E-state index contributed by atoms with van der Waals surface area (Å²) >= 11 is 6.25. The highest BCUT2D eigenvalue weighted by Gasteiger charge is 2.36. The second-order valence-electron chi connectivity index (χ2n) is 6.53. The minimum atomic E-state index is -0.317. The normalized spacial score (nSPS) is 26.5. The number of nitrogens with one attached hydrogen (secondary N) is 2. The zero-order chi connectivity index (χ0) is 17.8. The van der Waals surface area contributed by atoms with Crippen LogP contribution in [0.15, 0.2) is 24.3 Å². The topological polar surface area (TPSA) is 70.7 Å². The van der Waals surface area contributed by atoms with E-state index >= 15 is 0 Å². The fraction of sp³-hybridized carbons (Fsp3) is 0.556. The maximum atomic E-state index is 12.8. The predicted molar refractivity (Wildman–Crippen MR) is 94.8 cm³/mol. The van der Waals surface area contributed by atoms with E-state index < -0.39 is 0 Å². The Bertz CT molecular complexity index is 640. The summed E-state index contributed by atoms with van der Waals surface area (Å²) in [6, 6.07) is 7.32.